The molecule has 0 spiro atoms. The fourth-order valence-electron chi connectivity index (χ4n) is 2.98. The van der Waals surface area contributed by atoms with E-state index in [2.05, 4.69) is 55.7 Å². The summed E-state index contributed by atoms with van der Waals surface area (Å²) in [5, 5.41) is 15.8. The molecule has 3 aromatic rings. The summed E-state index contributed by atoms with van der Waals surface area (Å²) in [5.41, 5.74) is 3.41. The highest BCUT2D eigenvalue weighted by atomic mass is 32.1. The van der Waals surface area contributed by atoms with Gasteiger partial charge in [-0.25, -0.2) is 4.79 Å². The van der Waals surface area contributed by atoms with E-state index in [1.807, 2.05) is 41.8 Å². The molecule has 0 fully saturated rings. The summed E-state index contributed by atoms with van der Waals surface area (Å²) < 4.78 is 1.67. The van der Waals surface area contributed by atoms with E-state index < -0.39 is 0 Å². The number of nitrogens with zero attached hydrogens (tertiary/aromatic N) is 2. The fourth-order valence-corrected chi connectivity index (χ4v) is 3.78. The van der Waals surface area contributed by atoms with E-state index in [1.165, 1.54) is 11.3 Å². The minimum Gasteiger partial charge on any atom is -0.352 e. The Bertz CT molecular complexity index is 1090. The van der Waals surface area contributed by atoms with Gasteiger partial charge >= 0.3 is 6.03 Å². The first-order chi connectivity index (χ1) is 15.0. The molecule has 1 aromatic carbocycles. The van der Waals surface area contributed by atoms with Gasteiger partial charge in [0.25, 0.3) is 5.91 Å². The Balaban J connectivity index is 1.62. The highest BCUT2D eigenvalue weighted by molar-refractivity contribution is 7.14. The molecular weight excluding hydrogens is 422 g/mol. The topological polar surface area (TPSA) is 88.1 Å². The summed E-state index contributed by atoms with van der Waals surface area (Å²) in [7, 11) is 1.81. The van der Waals surface area contributed by atoms with E-state index in [9.17, 15) is 9.59 Å². The lowest BCUT2D eigenvalue weighted by atomic mass is 9.92. The standard InChI is InChI=1S/C24H31N5O2S/c1-15(2)13-25-22(30)17-9-7-16(8-10-17)18-11-21(32-14-18)27-23(31)26-20-12-19(24(3,4)5)28-29(20)6/h7-12,14-15H,13H2,1-6H3,(H,25,30)(H2,26,27,31). The van der Waals surface area contributed by atoms with Gasteiger partial charge in [-0.1, -0.05) is 46.8 Å². The van der Waals surface area contributed by atoms with Gasteiger partial charge in [-0.3, -0.25) is 20.1 Å². The molecule has 170 valence electrons. The van der Waals surface area contributed by atoms with Crippen LogP contribution in [-0.4, -0.2) is 28.3 Å². The zero-order chi connectivity index (χ0) is 23.5. The van der Waals surface area contributed by atoms with Crippen LogP contribution in [-0.2, 0) is 12.5 Å². The van der Waals surface area contributed by atoms with E-state index in [0.717, 1.165) is 21.8 Å². The quantitative estimate of drug-likeness (QED) is 0.462. The summed E-state index contributed by atoms with van der Waals surface area (Å²) in [6, 6.07) is 11.0. The number of rotatable bonds is 6. The number of nitrogens with one attached hydrogen (secondary N) is 3. The third-order valence-corrected chi connectivity index (χ3v) is 5.72. The Morgan fingerprint density at radius 2 is 1.75 bits per heavy atom. The summed E-state index contributed by atoms with van der Waals surface area (Å²) in [6.45, 7) is 11.0. The Morgan fingerprint density at radius 3 is 2.34 bits per heavy atom. The molecule has 2 aromatic heterocycles. The van der Waals surface area contributed by atoms with Gasteiger partial charge in [0.1, 0.15) is 5.82 Å². The average molecular weight is 454 g/mol. The molecule has 0 aliphatic carbocycles. The minimum absolute atomic E-state index is 0.0700. The number of aryl methyl sites for hydroxylation is 1. The first-order valence-corrected chi connectivity index (χ1v) is 11.5. The Morgan fingerprint density at radius 1 is 1.06 bits per heavy atom. The number of thiophene rings is 1. The van der Waals surface area contributed by atoms with Gasteiger partial charge in [0.2, 0.25) is 0 Å². The van der Waals surface area contributed by atoms with E-state index in [4.69, 9.17) is 0 Å². The van der Waals surface area contributed by atoms with E-state index in [1.54, 1.807) is 11.7 Å². The molecule has 3 amide bonds. The average Bonchev–Trinajstić information content (AvgIpc) is 3.33. The predicted octanol–water partition coefficient (Wildman–Crippen LogP) is 5.48. The van der Waals surface area contributed by atoms with Crippen molar-refractivity contribution >= 4 is 34.1 Å². The number of benzene rings is 1. The van der Waals surface area contributed by atoms with E-state index >= 15 is 0 Å². The molecule has 0 saturated heterocycles. The van der Waals surface area contributed by atoms with Crippen LogP contribution in [0.15, 0.2) is 41.8 Å². The van der Waals surface area contributed by atoms with Crippen molar-refractivity contribution in [3.8, 4) is 11.1 Å². The predicted molar refractivity (Wildman–Crippen MR) is 131 cm³/mol. The number of urea groups is 1. The summed E-state index contributed by atoms with van der Waals surface area (Å²) >= 11 is 1.45. The number of aromatic nitrogens is 2. The number of carbonyl (C=O) groups is 2. The first-order valence-electron chi connectivity index (χ1n) is 10.6. The van der Waals surface area contributed by atoms with Gasteiger partial charge < -0.3 is 5.32 Å². The Hall–Kier alpha value is -3.13. The third kappa shape index (κ3) is 5.97. The van der Waals surface area contributed by atoms with Crippen molar-refractivity contribution in [3.63, 3.8) is 0 Å². The maximum absolute atomic E-state index is 12.5. The van der Waals surface area contributed by atoms with Crippen molar-refractivity contribution in [3.05, 3.63) is 53.0 Å². The minimum atomic E-state index is -0.320. The van der Waals surface area contributed by atoms with Crippen molar-refractivity contribution < 1.29 is 9.59 Å². The maximum Gasteiger partial charge on any atom is 0.325 e. The normalized spacial score (nSPS) is 11.5. The van der Waals surface area contributed by atoms with Gasteiger partial charge in [0, 0.05) is 36.0 Å². The van der Waals surface area contributed by atoms with Crippen LogP contribution < -0.4 is 16.0 Å². The molecular formula is C24H31N5O2S. The smallest absolute Gasteiger partial charge is 0.325 e. The summed E-state index contributed by atoms with van der Waals surface area (Å²) in [4.78, 5) is 24.6. The molecule has 8 heteroatoms. The van der Waals surface area contributed by atoms with Crippen LogP contribution in [0.5, 0.6) is 0 Å². The molecule has 0 atom stereocenters. The molecule has 0 unspecified atom stereocenters. The lowest BCUT2D eigenvalue weighted by molar-refractivity contribution is 0.0949. The van der Waals surface area contributed by atoms with Crippen LogP contribution in [0, 0.1) is 5.92 Å². The molecule has 0 radical (unpaired) electrons. The number of carbonyl (C=O) groups excluding carboxylic acids is 2. The van der Waals surface area contributed by atoms with Crippen molar-refractivity contribution in [1.82, 2.24) is 15.1 Å². The molecule has 0 saturated carbocycles. The summed E-state index contributed by atoms with van der Waals surface area (Å²) in [5.74, 6) is 0.973. The van der Waals surface area contributed by atoms with Crippen molar-refractivity contribution in [2.24, 2.45) is 13.0 Å². The number of hydrogen-bond acceptors (Lipinski definition) is 4. The lowest BCUT2D eigenvalue weighted by Crippen LogP contribution is -2.27. The largest absolute Gasteiger partial charge is 0.352 e. The van der Waals surface area contributed by atoms with Crippen LogP contribution in [0.25, 0.3) is 11.1 Å². The Kier molecular flexibility index (Phi) is 7.03. The number of hydrogen-bond donors (Lipinski definition) is 3. The van der Waals surface area contributed by atoms with Gasteiger partial charge in [-0.2, -0.15) is 5.10 Å². The van der Waals surface area contributed by atoms with Crippen LogP contribution in [0.3, 0.4) is 0 Å². The van der Waals surface area contributed by atoms with Crippen LogP contribution in [0.4, 0.5) is 15.6 Å². The van der Waals surface area contributed by atoms with Crippen molar-refractivity contribution in [2.75, 3.05) is 17.2 Å². The Labute approximate surface area is 193 Å². The molecule has 32 heavy (non-hydrogen) atoms. The second kappa shape index (κ2) is 9.56. The van der Waals surface area contributed by atoms with Gasteiger partial charge in [0.15, 0.2) is 0 Å². The van der Waals surface area contributed by atoms with E-state index in [-0.39, 0.29) is 17.4 Å². The summed E-state index contributed by atoms with van der Waals surface area (Å²) in [6.07, 6.45) is 0. The second-order valence-electron chi connectivity index (χ2n) is 9.25. The van der Waals surface area contributed by atoms with Crippen molar-refractivity contribution in [2.45, 2.75) is 40.0 Å². The molecule has 3 N–H and O–H groups in total. The monoisotopic (exact) mass is 453 g/mol. The van der Waals surface area contributed by atoms with Crippen LogP contribution >= 0.6 is 11.3 Å². The molecule has 0 bridgehead atoms. The third-order valence-electron chi connectivity index (χ3n) is 4.88. The second-order valence-corrected chi connectivity index (χ2v) is 10.2. The molecule has 2 heterocycles. The lowest BCUT2D eigenvalue weighted by Gasteiger charge is -2.13. The molecule has 3 rings (SSSR count). The molecule has 0 aliphatic heterocycles. The van der Waals surface area contributed by atoms with Gasteiger partial charge in [-0.05, 0) is 35.2 Å². The first kappa shape index (κ1) is 23.5. The maximum atomic E-state index is 12.5. The molecule has 0 aliphatic rings. The van der Waals surface area contributed by atoms with Gasteiger partial charge in [-0.15, -0.1) is 11.3 Å². The number of anilines is 2. The van der Waals surface area contributed by atoms with Crippen molar-refractivity contribution in [1.29, 1.82) is 0 Å². The van der Waals surface area contributed by atoms with Crippen LogP contribution in [0.2, 0.25) is 0 Å². The fraction of sp³-hybridized carbons (Fsp3) is 0.375. The molecule has 7 nitrogen and oxygen atoms in total. The van der Waals surface area contributed by atoms with Crippen LogP contribution in [0.1, 0.15) is 50.7 Å². The zero-order valence-electron chi connectivity index (χ0n) is 19.4. The zero-order valence-corrected chi connectivity index (χ0v) is 20.3. The highest BCUT2D eigenvalue weighted by Gasteiger charge is 2.20. The number of amides is 3. The SMILES string of the molecule is CC(C)CNC(=O)c1ccc(-c2csc(NC(=O)Nc3cc(C(C)(C)C)nn3C)c2)cc1. The van der Waals surface area contributed by atoms with E-state index in [0.29, 0.717) is 23.8 Å². The van der Waals surface area contributed by atoms with Gasteiger partial charge in [0.05, 0.1) is 10.7 Å². The highest BCUT2D eigenvalue weighted by Crippen LogP contribution is 2.29.